The zero-order valence-corrected chi connectivity index (χ0v) is 11.6. The molecule has 0 aliphatic rings. The predicted molar refractivity (Wildman–Crippen MR) is 72.2 cm³/mol. The lowest BCUT2D eigenvalue weighted by Gasteiger charge is -2.26. The van der Waals surface area contributed by atoms with Gasteiger partial charge in [-0.3, -0.25) is 11.3 Å². The molecule has 0 amide bonds. The van der Waals surface area contributed by atoms with Crippen LogP contribution < -0.4 is 11.3 Å². The molecule has 0 spiro atoms. The van der Waals surface area contributed by atoms with Gasteiger partial charge < -0.3 is 4.74 Å². The summed E-state index contributed by atoms with van der Waals surface area (Å²) >= 11 is 12.2. The topological polar surface area (TPSA) is 47.3 Å². The summed E-state index contributed by atoms with van der Waals surface area (Å²) in [6, 6.07) is 5.35. The molecule has 0 aliphatic carbocycles. The molecule has 0 fully saturated rings. The van der Waals surface area contributed by atoms with Crippen LogP contribution in [0.3, 0.4) is 0 Å². The van der Waals surface area contributed by atoms with Crippen LogP contribution in [0, 0.1) is 0 Å². The molecule has 0 heterocycles. The fourth-order valence-electron chi connectivity index (χ4n) is 1.86. The molecular formula is C12H18Cl2N2O. The molecule has 0 aliphatic heterocycles. The lowest BCUT2D eigenvalue weighted by molar-refractivity contribution is 0.0606. The van der Waals surface area contributed by atoms with E-state index in [1.54, 1.807) is 13.2 Å². The highest BCUT2D eigenvalue weighted by atomic mass is 35.5. The van der Waals surface area contributed by atoms with Gasteiger partial charge in [-0.15, -0.1) is 0 Å². The first kappa shape index (κ1) is 14.7. The fraction of sp³-hybridized carbons (Fsp3) is 0.500. The molecule has 0 aromatic heterocycles. The number of nitrogens with one attached hydrogen (secondary N) is 1. The highest BCUT2D eigenvalue weighted by Crippen LogP contribution is 2.32. The summed E-state index contributed by atoms with van der Waals surface area (Å²) in [6.45, 7) is 2.10. The maximum absolute atomic E-state index is 6.18. The average Bonchev–Trinajstić information content (AvgIpc) is 2.34. The third-order valence-corrected chi connectivity index (χ3v) is 3.58. The minimum atomic E-state index is -0.161. The molecule has 2 atom stereocenters. The maximum atomic E-state index is 6.18. The van der Waals surface area contributed by atoms with Crippen LogP contribution in [0.5, 0.6) is 0 Å². The summed E-state index contributed by atoms with van der Waals surface area (Å²) in [5, 5.41) is 1.05. The van der Waals surface area contributed by atoms with Gasteiger partial charge in [-0.25, -0.2) is 0 Å². The Labute approximate surface area is 112 Å². The van der Waals surface area contributed by atoms with Gasteiger partial charge in [0.1, 0.15) is 0 Å². The third-order valence-electron chi connectivity index (χ3n) is 2.74. The van der Waals surface area contributed by atoms with Crippen molar-refractivity contribution in [3.8, 4) is 0 Å². The smallest absolute Gasteiger partial charge is 0.0779 e. The molecule has 3 nitrogen and oxygen atoms in total. The summed E-state index contributed by atoms with van der Waals surface area (Å²) < 4.78 is 5.45. The summed E-state index contributed by atoms with van der Waals surface area (Å²) in [6.07, 6.45) is 1.88. The first-order valence-electron chi connectivity index (χ1n) is 5.58. The SMILES string of the molecule is CCCC(OC)C(NN)c1cccc(Cl)c1Cl. The second kappa shape index (κ2) is 7.19. The Balaban J connectivity index is 3.03. The summed E-state index contributed by atoms with van der Waals surface area (Å²) in [5.74, 6) is 5.60. The number of hydrogen-bond donors (Lipinski definition) is 2. The van der Waals surface area contributed by atoms with E-state index in [-0.39, 0.29) is 12.1 Å². The van der Waals surface area contributed by atoms with Gasteiger partial charge in [0.2, 0.25) is 0 Å². The normalized spacial score (nSPS) is 14.6. The molecule has 0 bridgehead atoms. The van der Waals surface area contributed by atoms with Gasteiger partial charge in [0.25, 0.3) is 0 Å². The fourth-order valence-corrected chi connectivity index (χ4v) is 2.29. The van der Waals surface area contributed by atoms with Crippen LogP contribution in [0.2, 0.25) is 10.0 Å². The minimum absolute atomic E-state index is 0.0269. The van der Waals surface area contributed by atoms with E-state index in [4.69, 9.17) is 33.8 Å². The van der Waals surface area contributed by atoms with Gasteiger partial charge in [0.15, 0.2) is 0 Å². The first-order valence-corrected chi connectivity index (χ1v) is 6.34. The van der Waals surface area contributed by atoms with Crippen molar-refractivity contribution in [1.82, 2.24) is 5.43 Å². The number of nitrogens with two attached hydrogens (primary N) is 1. The summed E-state index contributed by atoms with van der Waals surface area (Å²) in [5.41, 5.74) is 3.62. The van der Waals surface area contributed by atoms with Crippen LogP contribution in [0.1, 0.15) is 31.4 Å². The van der Waals surface area contributed by atoms with Gasteiger partial charge in [-0.05, 0) is 18.1 Å². The van der Waals surface area contributed by atoms with Crippen molar-refractivity contribution in [2.45, 2.75) is 31.9 Å². The molecule has 1 aromatic rings. The molecule has 0 radical (unpaired) electrons. The van der Waals surface area contributed by atoms with Gasteiger partial charge in [-0.2, -0.15) is 0 Å². The Morgan fingerprint density at radius 2 is 2.12 bits per heavy atom. The molecular weight excluding hydrogens is 259 g/mol. The second-order valence-electron chi connectivity index (χ2n) is 3.85. The number of halogens is 2. The van der Waals surface area contributed by atoms with Crippen LogP contribution in [0.4, 0.5) is 0 Å². The number of ether oxygens (including phenoxy) is 1. The van der Waals surface area contributed by atoms with Crippen LogP contribution in [0.15, 0.2) is 18.2 Å². The molecule has 5 heteroatoms. The molecule has 3 N–H and O–H groups in total. The predicted octanol–water partition coefficient (Wildman–Crippen LogP) is 3.31. The summed E-state index contributed by atoms with van der Waals surface area (Å²) in [4.78, 5) is 0. The largest absolute Gasteiger partial charge is 0.379 e. The van der Waals surface area contributed by atoms with Crippen molar-refractivity contribution in [3.63, 3.8) is 0 Å². The zero-order chi connectivity index (χ0) is 12.8. The molecule has 17 heavy (non-hydrogen) atoms. The zero-order valence-electron chi connectivity index (χ0n) is 10.0. The van der Waals surface area contributed by atoms with E-state index in [1.807, 2.05) is 12.1 Å². The Hall–Kier alpha value is -0.320. The van der Waals surface area contributed by atoms with Gasteiger partial charge >= 0.3 is 0 Å². The third kappa shape index (κ3) is 3.57. The molecule has 2 unspecified atom stereocenters. The quantitative estimate of drug-likeness (QED) is 0.619. The highest BCUT2D eigenvalue weighted by molar-refractivity contribution is 6.42. The Bertz CT molecular complexity index is 360. The number of benzene rings is 1. The summed E-state index contributed by atoms with van der Waals surface area (Å²) in [7, 11) is 1.67. The van der Waals surface area contributed by atoms with E-state index in [1.165, 1.54) is 0 Å². The molecule has 96 valence electrons. The molecule has 1 rings (SSSR count). The van der Waals surface area contributed by atoms with Crippen LogP contribution in [0.25, 0.3) is 0 Å². The van der Waals surface area contributed by atoms with E-state index in [0.717, 1.165) is 18.4 Å². The molecule has 0 saturated carbocycles. The van der Waals surface area contributed by atoms with E-state index in [2.05, 4.69) is 12.3 Å². The van der Waals surface area contributed by atoms with Gasteiger partial charge in [-0.1, -0.05) is 48.7 Å². The van der Waals surface area contributed by atoms with E-state index < -0.39 is 0 Å². The highest BCUT2D eigenvalue weighted by Gasteiger charge is 2.23. The first-order chi connectivity index (χ1) is 8.15. The Morgan fingerprint density at radius 3 is 2.65 bits per heavy atom. The second-order valence-corrected chi connectivity index (χ2v) is 4.64. The van der Waals surface area contributed by atoms with Crippen molar-refractivity contribution in [2.75, 3.05) is 7.11 Å². The van der Waals surface area contributed by atoms with E-state index in [0.29, 0.717) is 10.0 Å². The van der Waals surface area contributed by atoms with Crippen LogP contribution in [-0.4, -0.2) is 13.2 Å². The lowest BCUT2D eigenvalue weighted by Crippen LogP contribution is -2.37. The van der Waals surface area contributed by atoms with Crippen LogP contribution >= 0.6 is 23.2 Å². The Morgan fingerprint density at radius 1 is 1.41 bits per heavy atom. The maximum Gasteiger partial charge on any atom is 0.0779 e. The van der Waals surface area contributed by atoms with Crippen molar-refractivity contribution < 1.29 is 4.74 Å². The molecule has 0 saturated heterocycles. The Kier molecular flexibility index (Phi) is 6.23. The molecule has 1 aromatic carbocycles. The van der Waals surface area contributed by atoms with Crippen molar-refractivity contribution in [3.05, 3.63) is 33.8 Å². The van der Waals surface area contributed by atoms with Crippen molar-refractivity contribution in [1.29, 1.82) is 0 Å². The van der Waals surface area contributed by atoms with Crippen LogP contribution in [-0.2, 0) is 4.74 Å². The number of hydrazine groups is 1. The number of hydrogen-bond acceptors (Lipinski definition) is 3. The average molecular weight is 277 g/mol. The van der Waals surface area contributed by atoms with Crippen molar-refractivity contribution >= 4 is 23.2 Å². The lowest BCUT2D eigenvalue weighted by atomic mass is 9.98. The van der Waals surface area contributed by atoms with E-state index >= 15 is 0 Å². The minimum Gasteiger partial charge on any atom is -0.379 e. The van der Waals surface area contributed by atoms with E-state index in [9.17, 15) is 0 Å². The van der Waals surface area contributed by atoms with Crippen molar-refractivity contribution in [2.24, 2.45) is 5.84 Å². The number of methoxy groups -OCH3 is 1. The number of rotatable bonds is 6. The monoisotopic (exact) mass is 276 g/mol. The van der Waals surface area contributed by atoms with Gasteiger partial charge in [0, 0.05) is 7.11 Å². The van der Waals surface area contributed by atoms with Gasteiger partial charge in [0.05, 0.1) is 22.2 Å². The standard InChI is InChI=1S/C12H18Cl2N2O/c1-3-5-10(17-2)12(16-15)8-6-4-7-9(13)11(8)14/h4,6-7,10,12,16H,3,5,15H2,1-2H3.